The molecule has 1 heterocycles. The van der Waals surface area contributed by atoms with Crippen LogP contribution in [0.1, 0.15) is 18.9 Å². The molecule has 1 aromatic heterocycles. The lowest BCUT2D eigenvalue weighted by atomic mass is 10.1. The van der Waals surface area contributed by atoms with Crippen molar-refractivity contribution in [3.63, 3.8) is 0 Å². The molecule has 0 fully saturated rings. The van der Waals surface area contributed by atoms with Crippen molar-refractivity contribution >= 4 is 11.6 Å². The first-order valence-electron chi connectivity index (χ1n) is 5.84. The third-order valence-corrected chi connectivity index (χ3v) is 2.83. The van der Waals surface area contributed by atoms with Gasteiger partial charge in [0.05, 0.1) is 6.26 Å². The maximum Gasteiger partial charge on any atom is 0.134 e. The zero-order chi connectivity index (χ0) is 12.1. The smallest absolute Gasteiger partial charge is 0.134 e. The average molecular weight is 250 g/mol. The average Bonchev–Trinajstić information content (AvgIpc) is 2.83. The quantitative estimate of drug-likeness (QED) is 0.807. The normalized spacial score (nSPS) is 10.7. The van der Waals surface area contributed by atoms with E-state index in [9.17, 15) is 0 Å². The Morgan fingerprint density at radius 2 is 2.18 bits per heavy atom. The van der Waals surface area contributed by atoms with E-state index in [-0.39, 0.29) is 0 Å². The molecule has 2 aromatic rings. The van der Waals surface area contributed by atoms with Gasteiger partial charge < -0.3 is 9.73 Å². The maximum atomic E-state index is 6.03. The minimum atomic E-state index is 0.758. The molecule has 0 spiro atoms. The van der Waals surface area contributed by atoms with E-state index in [2.05, 4.69) is 12.2 Å². The molecular weight excluding hydrogens is 234 g/mol. The molecular formula is C14H16ClNO. The highest BCUT2D eigenvalue weighted by molar-refractivity contribution is 6.30. The highest BCUT2D eigenvalue weighted by Crippen LogP contribution is 2.26. The Kier molecular flexibility index (Phi) is 4.24. The fraction of sp³-hybridized carbons (Fsp3) is 0.286. The Morgan fingerprint density at radius 1 is 1.29 bits per heavy atom. The molecule has 0 amide bonds. The van der Waals surface area contributed by atoms with Crippen LogP contribution in [0.2, 0.25) is 5.02 Å². The lowest BCUT2D eigenvalue weighted by Crippen LogP contribution is -2.14. The van der Waals surface area contributed by atoms with Gasteiger partial charge in [-0.1, -0.05) is 18.5 Å². The van der Waals surface area contributed by atoms with Gasteiger partial charge in [-0.25, -0.2) is 0 Å². The van der Waals surface area contributed by atoms with E-state index in [4.69, 9.17) is 16.0 Å². The fourth-order valence-electron chi connectivity index (χ4n) is 1.78. The van der Waals surface area contributed by atoms with E-state index >= 15 is 0 Å². The van der Waals surface area contributed by atoms with Gasteiger partial charge in [-0.2, -0.15) is 0 Å². The highest BCUT2D eigenvalue weighted by atomic mass is 35.5. The van der Waals surface area contributed by atoms with Gasteiger partial charge in [0.2, 0.25) is 0 Å². The molecule has 0 atom stereocenters. The van der Waals surface area contributed by atoms with Gasteiger partial charge in [-0.05, 0) is 48.9 Å². The van der Waals surface area contributed by atoms with Crippen LogP contribution in [0.3, 0.4) is 0 Å². The first-order chi connectivity index (χ1) is 8.31. The summed E-state index contributed by atoms with van der Waals surface area (Å²) in [5, 5.41) is 4.14. The summed E-state index contributed by atoms with van der Waals surface area (Å²) in [6, 6.07) is 9.74. The molecule has 1 N–H and O–H groups in total. The third-order valence-electron chi connectivity index (χ3n) is 2.60. The Morgan fingerprint density at radius 3 is 2.88 bits per heavy atom. The summed E-state index contributed by atoms with van der Waals surface area (Å²) in [5.74, 6) is 0.884. The van der Waals surface area contributed by atoms with E-state index in [1.54, 1.807) is 6.26 Å². The van der Waals surface area contributed by atoms with E-state index in [1.165, 1.54) is 5.56 Å². The number of furan rings is 1. The number of benzene rings is 1. The molecule has 0 aliphatic carbocycles. The minimum Gasteiger partial charge on any atom is -0.464 e. The Bertz CT molecular complexity index is 465. The second-order valence-corrected chi connectivity index (χ2v) is 4.39. The molecule has 0 radical (unpaired) electrons. The SMILES string of the molecule is CCCNCc1cc(Cl)ccc1-c1ccco1. The summed E-state index contributed by atoms with van der Waals surface area (Å²) < 4.78 is 5.44. The van der Waals surface area contributed by atoms with Crippen molar-refractivity contribution in [3.05, 3.63) is 47.2 Å². The Labute approximate surface area is 107 Å². The largest absolute Gasteiger partial charge is 0.464 e. The monoisotopic (exact) mass is 249 g/mol. The van der Waals surface area contributed by atoms with E-state index in [1.807, 2.05) is 30.3 Å². The van der Waals surface area contributed by atoms with E-state index in [0.29, 0.717) is 0 Å². The molecule has 3 heteroatoms. The molecule has 0 saturated carbocycles. The molecule has 0 aliphatic rings. The number of rotatable bonds is 5. The summed E-state index contributed by atoms with van der Waals surface area (Å²) in [7, 11) is 0. The van der Waals surface area contributed by atoms with Crippen LogP contribution < -0.4 is 5.32 Å². The summed E-state index contributed by atoms with van der Waals surface area (Å²) in [5.41, 5.74) is 2.27. The molecule has 2 nitrogen and oxygen atoms in total. The third kappa shape index (κ3) is 3.11. The van der Waals surface area contributed by atoms with Crippen LogP contribution in [-0.4, -0.2) is 6.54 Å². The molecule has 90 valence electrons. The van der Waals surface area contributed by atoms with Gasteiger partial charge in [0.1, 0.15) is 5.76 Å². The summed E-state index contributed by atoms with van der Waals surface area (Å²) in [6.45, 7) is 3.97. The predicted molar refractivity (Wildman–Crippen MR) is 71.2 cm³/mol. The van der Waals surface area contributed by atoms with Crippen molar-refractivity contribution in [1.29, 1.82) is 0 Å². The van der Waals surface area contributed by atoms with Gasteiger partial charge in [0.25, 0.3) is 0 Å². The Balaban J connectivity index is 2.25. The summed E-state index contributed by atoms with van der Waals surface area (Å²) in [6.07, 6.45) is 2.81. The van der Waals surface area contributed by atoms with Gasteiger partial charge in [0.15, 0.2) is 0 Å². The van der Waals surface area contributed by atoms with Gasteiger partial charge >= 0.3 is 0 Å². The number of hydrogen-bond donors (Lipinski definition) is 1. The van der Waals surface area contributed by atoms with Crippen LogP contribution in [0.25, 0.3) is 11.3 Å². The number of nitrogens with one attached hydrogen (secondary N) is 1. The molecule has 2 rings (SSSR count). The van der Waals surface area contributed by atoms with Crippen LogP contribution >= 0.6 is 11.6 Å². The van der Waals surface area contributed by atoms with E-state index < -0.39 is 0 Å². The molecule has 17 heavy (non-hydrogen) atoms. The van der Waals surface area contributed by atoms with E-state index in [0.717, 1.165) is 35.9 Å². The van der Waals surface area contributed by atoms with Crippen molar-refractivity contribution in [1.82, 2.24) is 5.32 Å². The van der Waals surface area contributed by atoms with Crippen molar-refractivity contribution in [2.75, 3.05) is 6.54 Å². The Hall–Kier alpha value is -1.25. The van der Waals surface area contributed by atoms with Gasteiger partial charge in [-0.3, -0.25) is 0 Å². The molecule has 0 unspecified atom stereocenters. The molecule has 0 saturated heterocycles. The van der Waals surface area contributed by atoms with Gasteiger partial charge in [0, 0.05) is 17.1 Å². The van der Waals surface area contributed by atoms with Crippen LogP contribution in [0.4, 0.5) is 0 Å². The second-order valence-electron chi connectivity index (χ2n) is 3.96. The van der Waals surface area contributed by atoms with Crippen molar-refractivity contribution in [2.24, 2.45) is 0 Å². The summed E-state index contributed by atoms with van der Waals surface area (Å²) in [4.78, 5) is 0. The molecule has 0 aliphatic heterocycles. The minimum absolute atomic E-state index is 0.758. The fourth-order valence-corrected chi connectivity index (χ4v) is 1.98. The number of hydrogen-bond acceptors (Lipinski definition) is 2. The zero-order valence-electron chi connectivity index (χ0n) is 9.87. The molecule has 1 aromatic carbocycles. The zero-order valence-corrected chi connectivity index (χ0v) is 10.6. The number of halogens is 1. The topological polar surface area (TPSA) is 25.2 Å². The van der Waals surface area contributed by atoms with Crippen molar-refractivity contribution < 1.29 is 4.42 Å². The van der Waals surface area contributed by atoms with Crippen molar-refractivity contribution in [2.45, 2.75) is 19.9 Å². The van der Waals surface area contributed by atoms with Crippen molar-refractivity contribution in [3.8, 4) is 11.3 Å². The highest BCUT2D eigenvalue weighted by Gasteiger charge is 2.07. The standard InChI is InChI=1S/C14H16ClNO/c1-2-7-16-10-11-9-12(15)5-6-13(11)14-4-3-8-17-14/h3-6,8-9,16H,2,7,10H2,1H3. The lowest BCUT2D eigenvalue weighted by Gasteiger charge is -2.09. The lowest BCUT2D eigenvalue weighted by molar-refractivity contribution is 0.580. The van der Waals surface area contributed by atoms with Crippen LogP contribution in [0.5, 0.6) is 0 Å². The maximum absolute atomic E-state index is 6.03. The molecule has 0 bridgehead atoms. The van der Waals surface area contributed by atoms with Crippen LogP contribution in [0.15, 0.2) is 41.0 Å². The van der Waals surface area contributed by atoms with Gasteiger partial charge in [-0.15, -0.1) is 0 Å². The summed E-state index contributed by atoms with van der Waals surface area (Å²) >= 11 is 6.03. The first-order valence-corrected chi connectivity index (χ1v) is 6.22. The predicted octanol–water partition coefficient (Wildman–Crippen LogP) is 4.10. The van der Waals surface area contributed by atoms with Crippen LogP contribution in [0, 0.1) is 0 Å². The van der Waals surface area contributed by atoms with Crippen LogP contribution in [-0.2, 0) is 6.54 Å². The first kappa shape index (κ1) is 12.2. The second kappa shape index (κ2) is 5.89.